The van der Waals surface area contributed by atoms with Crippen molar-refractivity contribution >= 4 is 34.3 Å². The van der Waals surface area contributed by atoms with E-state index in [1.54, 1.807) is 49.1 Å². The number of anilines is 1. The lowest BCUT2D eigenvalue weighted by atomic mass is 10.1. The summed E-state index contributed by atoms with van der Waals surface area (Å²) >= 11 is 1.30. The van der Waals surface area contributed by atoms with Crippen LogP contribution in [0.25, 0.3) is 10.9 Å². The van der Waals surface area contributed by atoms with Crippen LogP contribution in [0.3, 0.4) is 0 Å². The van der Waals surface area contributed by atoms with Gasteiger partial charge in [-0.1, -0.05) is 37.7 Å². The molecule has 1 N–H and O–H groups in total. The Kier molecular flexibility index (Phi) is 7.93. The molecule has 3 rings (SSSR count). The average Bonchev–Trinajstić information content (AvgIpc) is 2.78. The van der Waals surface area contributed by atoms with Gasteiger partial charge in [0.2, 0.25) is 5.91 Å². The second-order valence-electron chi connectivity index (χ2n) is 7.89. The summed E-state index contributed by atoms with van der Waals surface area (Å²) in [7, 11) is 3.20. The smallest absolute Gasteiger partial charge is 0.262 e. The van der Waals surface area contributed by atoms with E-state index in [4.69, 9.17) is 14.5 Å². The molecule has 0 radical (unpaired) electrons. The minimum atomic E-state index is -0.453. The van der Waals surface area contributed by atoms with E-state index in [1.165, 1.54) is 11.8 Å². The minimum absolute atomic E-state index is 0.00722. The van der Waals surface area contributed by atoms with E-state index >= 15 is 0 Å². The molecule has 0 aliphatic heterocycles. The molecule has 0 aliphatic rings. The molecule has 0 spiro atoms. The number of fused-ring (bicyclic) bond motifs is 1. The highest BCUT2D eigenvalue weighted by atomic mass is 32.2. The molecule has 32 heavy (non-hydrogen) atoms. The van der Waals surface area contributed by atoms with Gasteiger partial charge in [-0.3, -0.25) is 14.2 Å². The van der Waals surface area contributed by atoms with Gasteiger partial charge in [-0.15, -0.1) is 0 Å². The van der Waals surface area contributed by atoms with Gasteiger partial charge in [0, 0.05) is 12.8 Å². The second-order valence-corrected chi connectivity index (χ2v) is 9.00. The number of ether oxygens (including phenoxy) is 2. The summed E-state index contributed by atoms with van der Waals surface area (Å²) in [5.41, 5.74) is 1.15. The van der Waals surface area contributed by atoms with Crippen LogP contribution < -0.4 is 15.6 Å². The lowest BCUT2D eigenvalue weighted by Gasteiger charge is -2.24. The van der Waals surface area contributed by atoms with E-state index in [2.05, 4.69) is 5.32 Å². The number of nitrogens with one attached hydrogen (secondary N) is 1. The van der Waals surface area contributed by atoms with E-state index < -0.39 is 5.25 Å². The number of hydrogen-bond acceptors (Lipinski definition) is 6. The number of benzene rings is 2. The van der Waals surface area contributed by atoms with Crippen molar-refractivity contribution < 1.29 is 14.3 Å². The molecule has 1 heterocycles. The van der Waals surface area contributed by atoms with Gasteiger partial charge < -0.3 is 14.8 Å². The summed E-state index contributed by atoms with van der Waals surface area (Å²) in [6.45, 7) is 6.23. The van der Waals surface area contributed by atoms with Gasteiger partial charge in [0.25, 0.3) is 5.56 Å². The fraction of sp³-hybridized carbons (Fsp3) is 0.375. The third-order valence-corrected chi connectivity index (χ3v) is 6.59. The monoisotopic (exact) mass is 455 g/mol. The molecule has 8 heteroatoms. The molecule has 1 amide bonds. The standard InChI is InChI=1S/C24H29N3O4S/c1-15(2)21(22(28)25-17-10-12-18(31-5)13-11-17)32-24-26-20-9-7-6-8-19(20)23(29)27(24)16(3)14-30-4/h6-13,15-16,21H,14H2,1-5H3,(H,25,28)/t16-,21+/m0/s1. The maximum absolute atomic E-state index is 13.3. The molecule has 7 nitrogen and oxygen atoms in total. The van der Waals surface area contributed by atoms with Crippen molar-refractivity contribution in [1.82, 2.24) is 9.55 Å². The highest BCUT2D eigenvalue weighted by Crippen LogP contribution is 2.30. The number of carbonyl (C=O) groups excluding carboxylic acids is 1. The highest BCUT2D eigenvalue weighted by molar-refractivity contribution is 8.00. The van der Waals surface area contributed by atoms with Gasteiger partial charge in [-0.2, -0.15) is 0 Å². The molecule has 0 aliphatic carbocycles. The van der Waals surface area contributed by atoms with E-state index in [9.17, 15) is 9.59 Å². The Hall–Kier alpha value is -2.84. The summed E-state index contributed by atoms with van der Waals surface area (Å²) in [6, 6.07) is 14.2. The van der Waals surface area contributed by atoms with Crippen LogP contribution in [0.15, 0.2) is 58.5 Å². The van der Waals surface area contributed by atoms with Crippen molar-refractivity contribution in [2.75, 3.05) is 26.1 Å². The van der Waals surface area contributed by atoms with Crippen molar-refractivity contribution in [2.45, 2.75) is 37.2 Å². The molecule has 0 saturated heterocycles. The van der Waals surface area contributed by atoms with Crippen LogP contribution >= 0.6 is 11.8 Å². The van der Waals surface area contributed by atoms with E-state index in [0.29, 0.717) is 34.1 Å². The Morgan fingerprint density at radius 3 is 2.41 bits per heavy atom. The van der Waals surface area contributed by atoms with Crippen LogP contribution in [0.4, 0.5) is 5.69 Å². The normalized spacial score (nSPS) is 13.2. The maximum Gasteiger partial charge on any atom is 0.262 e. The van der Waals surface area contributed by atoms with Gasteiger partial charge in [0.1, 0.15) is 5.75 Å². The molecular formula is C24H29N3O4S. The summed E-state index contributed by atoms with van der Waals surface area (Å²) in [5.74, 6) is 0.575. The Balaban J connectivity index is 1.96. The number of nitrogens with zero attached hydrogens (tertiary/aromatic N) is 2. The Morgan fingerprint density at radius 2 is 1.78 bits per heavy atom. The van der Waals surface area contributed by atoms with Crippen molar-refractivity contribution in [3.63, 3.8) is 0 Å². The molecule has 2 aromatic carbocycles. The van der Waals surface area contributed by atoms with Crippen LogP contribution in [-0.4, -0.2) is 41.5 Å². The van der Waals surface area contributed by atoms with Crippen molar-refractivity contribution in [1.29, 1.82) is 0 Å². The van der Waals surface area contributed by atoms with E-state index in [0.717, 1.165) is 0 Å². The van der Waals surface area contributed by atoms with Gasteiger partial charge >= 0.3 is 0 Å². The number of amides is 1. The zero-order valence-corrected chi connectivity index (χ0v) is 19.8. The largest absolute Gasteiger partial charge is 0.497 e. The highest BCUT2D eigenvalue weighted by Gasteiger charge is 2.27. The molecule has 2 atom stereocenters. The number of aromatic nitrogens is 2. The fourth-order valence-electron chi connectivity index (χ4n) is 3.41. The van der Waals surface area contributed by atoms with Crippen molar-refractivity contribution in [3.8, 4) is 5.75 Å². The fourth-order valence-corrected chi connectivity index (χ4v) is 4.60. The number of methoxy groups -OCH3 is 2. The summed E-state index contributed by atoms with van der Waals surface area (Å²) in [5, 5.41) is 3.56. The van der Waals surface area contributed by atoms with Crippen LogP contribution in [0.1, 0.15) is 26.8 Å². The number of para-hydroxylation sites is 1. The van der Waals surface area contributed by atoms with E-state index in [1.807, 2.05) is 39.0 Å². The minimum Gasteiger partial charge on any atom is -0.497 e. The van der Waals surface area contributed by atoms with Gasteiger partial charge in [-0.25, -0.2) is 4.98 Å². The Morgan fingerprint density at radius 1 is 1.09 bits per heavy atom. The number of hydrogen-bond donors (Lipinski definition) is 1. The summed E-state index contributed by atoms with van der Waals surface area (Å²) < 4.78 is 12.1. The molecule has 170 valence electrons. The first kappa shape index (κ1) is 23.8. The molecule has 0 fully saturated rings. The van der Waals surface area contributed by atoms with Crippen LogP contribution in [0.2, 0.25) is 0 Å². The molecular weight excluding hydrogens is 426 g/mol. The molecule has 0 unspecified atom stereocenters. The number of rotatable bonds is 9. The van der Waals surface area contributed by atoms with Gasteiger partial charge in [0.05, 0.1) is 35.9 Å². The third kappa shape index (κ3) is 5.31. The zero-order valence-electron chi connectivity index (χ0n) is 19.0. The number of thioether (sulfide) groups is 1. The van der Waals surface area contributed by atoms with Gasteiger partial charge in [0.15, 0.2) is 5.16 Å². The molecule has 0 saturated carbocycles. The quantitative estimate of drug-likeness (QED) is 0.381. The molecule has 1 aromatic heterocycles. The number of carbonyl (C=O) groups is 1. The predicted octanol–water partition coefficient (Wildman–Crippen LogP) is 4.37. The van der Waals surface area contributed by atoms with Crippen molar-refractivity contribution in [2.24, 2.45) is 5.92 Å². The first-order valence-corrected chi connectivity index (χ1v) is 11.4. The molecule has 3 aromatic rings. The SMILES string of the molecule is COC[C@H](C)n1c(S[C@@H](C(=O)Nc2ccc(OC)cc2)C(C)C)nc2ccccc2c1=O. The van der Waals surface area contributed by atoms with Crippen LogP contribution in [0.5, 0.6) is 5.75 Å². The zero-order chi connectivity index (χ0) is 23.3. The molecule has 0 bridgehead atoms. The summed E-state index contributed by atoms with van der Waals surface area (Å²) in [4.78, 5) is 31.2. The topological polar surface area (TPSA) is 82.4 Å². The third-order valence-electron chi connectivity index (χ3n) is 5.08. The Labute approximate surface area is 192 Å². The van der Waals surface area contributed by atoms with Crippen LogP contribution in [0, 0.1) is 5.92 Å². The summed E-state index contributed by atoms with van der Waals surface area (Å²) in [6.07, 6.45) is 0. The van der Waals surface area contributed by atoms with E-state index in [-0.39, 0.29) is 23.4 Å². The maximum atomic E-state index is 13.3. The van der Waals surface area contributed by atoms with Crippen molar-refractivity contribution in [3.05, 3.63) is 58.9 Å². The first-order chi connectivity index (χ1) is 15.3. The lowest BCUT2D eigenvalue weighted by Crippen LogP contribution is -2.33. The second kappa shape index (κ2) is 10.7. The average molecular weight is 456 g/mol. The predicted molar refractivity (Wildman–Crippen MR) is 129 cm³/mol. The first-order valence-electron chi connectivity index (χ1n) is 10.5. The lowest BCUT2D eigenvalue weighted by molar-refractivity contribution is -0.116. The van der Waals surface area contributed by atoms with Crippen LogP contribution in [-0.2, 0) is 9.53 Å². The Bertz CT molecular complexity index is 1130. The van der Waals surface area contributed by atoms with Gasteiger partial charge in [-0.05, 0) is 49.2 Å².